The van der Waals surface area contributed by atoms with Crippen LogP contribution in [-0.2, 0) is 4.74 Å². The van der Waals surface area contributed by atoms with Crippen molar-refractivity contribution in [1.29, 1.82) is 0 Å². The number of esters is 1. The molecule has 2 rings (SSSR count). The topological polar surface area (TPSA) is 92.3 Å². The number of hydrogen-bond acceptors (Lipinski definition) is 6. The van der Waals surface area contributed by atoms with Crippen LogP contribution in [0.5, 0.6) is 5.75 Å². The molecule has 2 N–H and O–H groups in total. The molecule has 0 bridgehead atoms. The van der Waals surface area contributed by atoms with Crippen molar-refractivity contribution in [2.75, 3.05) is 12.8 Å². The van der Waals surface area contributed by atoms with Gasteiger partial charge < -0.3 is 15.2 Å². The van der Waals surface area contributed by atoms with Crippen LogP contribution in [0, 0.1) is 0 Å². The fourth-order valence-electron chi connectivity index (χ4n) is 1.62. The van der Waals surface area contributed by atoms with Crippen molar-refractivity contribution in [3.63, 3.8) is 0 Å². The SMILES string of the molecule is COc1ccc(-n2nnc(C(=O)OC(C)C)c2N)cc1. The van der Waals surface area contributed by atoms with Crippen molar-refractivity contribution >= 4 is 11.8 Å². The standard InChI is InChI=1S/C13H16N4O3/c1-8(2)20-13(18)11-12(14)17(16-15-11)9-4-6-10(19-3)7-5-9/h4-8H,14H2,1-3H3. The lowest BCUT2D eigenvalue weighted by molar-refractivity contribution is 0.0372. The van der Waals surface area contributed by atoms with Gasteiger partial charge in [0.1, 0.15) is 5.75 Å². The van der Waals surface area contributed by atoms with Gasteiger partial charge in [-0.15, -0.1) is 5.10 Å². The van der Waals surface area contributed by atoms with E-state index < -0.39 is 5.97 Å². The normalized spacial score (nSPS) is 10.6. The van der Waals surface area contributed by atoms with Crippen LogP contribution in [0.15, 0.2) is 24.3 Å². The summed E-state index contributed by atoms with van der Waals surface area (Å²) >= 11 is 0. The highest BCUT2D eigenvalue weighted by Gasteiger charge is 2.20. The molecule has 0 unspecified atom stereocenters. The third kappa shape index (κ3) is 2.71. The van der Waals surface area contributed by atoms with E-state index in [1.807, 2.05) is 0 Å². The number of benzene rings is 1. The maximum Gasteiger partial charge on any atom is 0.363 e. The maximum atomic E-state index is 11.8. The van der Waals surface area contributed by atoms with Gasteiger partial charge in [0, 0.05) is 0 Å². The third-order valence-electron chi connectivity index (χ3n) is 2.56. The molecule has 1 aromatic heterocycles. The van der Waals surface area contributed by atoms with Gasteiger partial charge in [-0.05, 0) is 38.1 Å². The van der Waals surface area contributed by atoms with Gasteiger partial charge >= 0.3 is 5.97 Å². The lowest BCUT2D eigenvalue weighted by atomic mass is 10.3. The smallest absolute Gasteiger partial charge is 0.363 e. The van der Waals surface area contributed by atoms with Crippen molar-refractivity contribution in [1.82, 2.24) is 15.0 Å². The van der Waals surface area contributed by atoms with Gasteiger partial charge in [0.05, 0.1) is 18.9 Å². The van der Waals surface area contributed by atoms with E-state index in [0.29, 0.717) is 11.4 Å². The van der Waals surface area contributed by atoms with E-state index in [9.17, 15) is 4.79 Å². The van der Waals surface area contributed by atoms with Gasteiger partial charge in [-0.3, -0.25) is 0 Å². The Kier molecular flexibility index (Phi) is 3.88. The first-order valence-electron chi connectivity index (χ1n) is 6.09. The molecule has 0 saturated heterocycles. The minimum absolute atomic E-state index is 0.00881. The summed E-state index contributed by atoms with van der Waals surface area (Å²) in [4.78, 5) is 11.8. The molecule has 7 nitrogen and oxygen atoms in total. The monoisotopic (exact) mass is 276 g/mol. The van der Waals surface area contributed by atoms with Crippen molar-refractivity contribution in [3.8, 4) is 11.4 Å². The highest BCUT2D eigenvalue weighted by atomic mass is 16.5. The summed E-state index contributed by atoms with van der Waals surface area (Å²) in [5, 5.41) is 7.64. The molecule has 106 valence electrons. The van der Waals surface area contributed by atoms with E-state index in [1.54, 1.807) is 45.2 Å². The summed E-state index contributed by atoms with van der Waals surface area (Å²) in [6, 6.07) is 7.06. The number of rotatable bonds is 4. The average molecular weight is 276 g/mol. The van der Waals surface area contributed by atoms with E-state index in [0.717, 1.165) is 0 Å². The van der Waals surface area contributed by atoms with E-state index in [1.165, 1.54) is 4.68 Å². The van der Waals surface area contributed by atoms with E-state index in [2.05, 4.69) is 10.3 Å². The molecule has 0 saturated carbocycles. The highest BCUT2D eigenvalue weighted by Crippen LogP contribution is 2.19. The molecule has 7 heteroatoms. The molecule has 0 fully saturated rings. The summed E-state index contributed by atoms with van der Waals surface area (Å²) in [6.07, 6.45) is -0.243. The number of carbonyl (C=O) groups excluding carboxylic acids is 1. The summed E-state index contributed by atoms with van der Waals surface area (Å²) < 4.78 is 11.5. The van der Waals surface area contributed by atoms with Crippen molar-refractivity contribution in [3.05, 3.63) is 30.0 Å². The zero-order valence-electron chi connectivity index (χ0n) is 11.5. The minimum Gasteiger partial charge on any atom is -0.497 e. The quantitative estimate of drug-likeness (QED) is 0.849. The summed E-state index contributed by atoms with van der Waals surface area (Å²) in [7, 11) is 1.58. The fraction of sp³-hybridized carbons (Fsp3) is 0.308. The van der Waals surface area contributed by atoms with Gasteiger partial charge in [-0.25, -0.2) is 4.79 Å². The number of nitrogens with two attached hydrogens (primary N) is 1. The van der Waals surface area contributed by atoms with Crippen LogP contribution in [0.3, 0.4) is 0 Å². The van der Waals surface area contributed by atoms with Crippen molar-refractivity contribution in [2.45, 2.75) is 20.0 Å². The summed E-state index contributed by atoms with van der Waals surface area (Å²) in [5.41, 5.74) is 6.58. The lowest BCUT2D eigenvalue weighted by Crippen LogP contribution is -2.14. The highest BCUT2D eigenvalue weighted by molar-refractivity contribution is 5.92. The van der Waals surface area contributed by atoms with Crippen LogP contribution in [0.25, 0.3) is 5.69 Å². The molecule has 1 heterocycles. The van der Waals surface area contributed by atoms with E-state index >= 15 is 0 Å². The summed E-state index contributed by atoms with van der Waals surface area (Å²) in [5.74, 6) is 0.268. The van der Waals surface area contributed by atoms with Gasteiger partial charge in [0.2, 0.25) is 5.69 Å². The Bertz CT molecular complexity index is 605. The Hall–Kier alpha value is -2.57. The predicted molar refractivity (Wildman–Crippen MR) is 72.9 cm³/mol. The first-order chi connectivity index (χ1) is 9.52. The average Bonchev–Trinajstić information content (AvgIpc) is 2.80. The number of nitrogen functional groups attached to an aromatic ring is 1. The Morgan fingerprint density at radius 2 is 1.95 bits per heavy atom. The van der Waals surface area contributed by atoms with Crippen LogP contribution in [0.4, 0.5) is 5.82 Å². The van der Waals surface area contributed by atoms with Crippen LogP contribution in [0.2, 0.25) is 0 Å². The van der Waals surface area contributed by atoms with Gasteiger partial charge in [-0.2, -0.15) is 4.68 Å². The van der Waals surface area contributed by atoms with Gasteiger partial charge in [-0.1, -0.05) is 5.21 Å². The number of methoxy groups -OCH3 is 1. The number of carbonyl (C=O) groups is 1. The third-order valence-corrected chi connectivity index (χ3v) is 2.56. The molecule has 1 aromatic carbocycles. The largest absolute Gasteiger partial charge is 0.497 e. The minimum atomic E-state index is -0.586. The molecule has 0 spiro atoms. The predicted octanol–water partition coefficient (Wildman–Crippen LogP) is 1.42. The number of hydrogen-bond donors (Lipinski definition) is 1. The maximum absolute atomic E-state index is 11.8. The lowest BCUT2D eigenvalue weighted by Gasteiger charge is -2.07. The van der Waals surface area contributed by atoms with E-state index in [-0.39, 0.29) is 17.6 Å². The molecular weight excluding hydrogens is 260 g/mol. The van der Waals surface area contributed by atoms with Gasteiger partial charge in [0.25, 0.3) is 0 Å². The molecule has 0 atom stereocenters. The van der Waals surface area contributed by atoms with Crippen LogP contribution >= 0.6 is 0 Å². The molecule has 0 aliphatic carbocycles. The Balaban J connectivity index is 2.30. The van der Waals surface area contributed by atoms with Crippen molar-refractivity contribution < 1.29 is 14.3 Å². The van der Waals surface area contributed by atoms with Crippen LogP contribution in [-0.4, -0.2) is 34.2 Å². The fourth-order valence-corrected chi connectivity index (χ4v) is 1.62. The van der Waals surface area contributed by atoms with E-state index in [4.69, 9.17) is 15.2 Å². The number of anilines is 1. The second-order valence-electron chi connectivity index (χ2n) is 4.39. The van der Waals surface area contributed by atoms with Crippen LogP contribution in [0.1, 0.15) is 24.3 Å². The molecular formula is C13H16N4O3. The second-order valence-corrected chi connectivity index (χ2v) is 4.39. The zero-order chi connectivity index (χ0) is 14.7. The Morgan fingerprint density at radius 3 is 2.50 bits per heavy atom. The summed E-state index contributed by atoms with van der Waals surface area (Å²) in [6.45, 7) is 3.50. The number of aromatic nitrogens is 3. The van der Waals surface area contributed by atoms with Crippen molar-refractivity contribution in [2.24, 2.45) is 0 Å². The molecule has 0 aliphatic rings. The zero-order valence-corrected chi connectivity index (χ0v) is 11.5. The number of ether oxygens (including phenoxy) is 2. The van der Waals surface area contributed by atoms with Crippen LogP contribution < -0.4 is 10.5 Å². The number of nitrogens with zero attached hydrogens (tertiary/aromatic N) is 3. The molecule has 0 aliphatic heterocycles. The Labute approximate surface area is 116 Å². The first kappa shape index (κ1) is 13.9. The first-order valence-corrected chi connectivity index (χ1v) is 6.09. The molecule has 0 amide bonds. The van der Waals surface area contributed by atoms with Gasteiger partial charge in [0.15, 0.2) is 5.82 Å². The molecule has 0 radical (unpaired) electrons. The second kappa shape index (κ2) is 5.60. The Morgan fingerprint density at radius 1 is 1.30 bits per heavy atom. The molecule has 2 aromatic rings. The molecule has 20 heavy (non-hydrogen) atoms.